The van der Waals surface area contributed by atoms with Crippen LogP contribution < -0.4 is 5.32 Å². The van der Waals surface area contributed by atoms with E-state index in [1.165, 1.54) is 6.42 Å². The molecule has 0 bridgehead atoms. The molecule has 0 saturated carbocycles. The summed E-state index contributed by atoms with van der Waals surface area (Å²) in [4.78, 5) is 2.47. The Morgan fingerprint density at radius 2 is 1.65 bits per heavy atom. The highest BCUT2D eigenvalue weighted by Gasteiger charge is 2.16. The number of nitrogens with one attached hydrogen (secondary N) is 1. The highest BCUT2D eigenvalue weighted by atomic mass is 16.5. The second kappa shape index (κ2) is 12.5. The largest absolute Gasteiger partial charge is 0.379 e. The van der Waals surface area contributed by atoms with Gasteiger partial charge in [0.2, 0.25) is 0 Å². The monoisotopic (exact) mass is 288 g/mol. The molecule has 1 heterocycles. The molecular formula is C15H32N2O3. The zero-order chi connectivity index (χ0) is 14.5. The van der Waals surface area contributed by atoms with Crippen LogP contribution in [0.2, 0.25) is 0 Å². The van der Waals surface area contributed by atoms with Crippen LogP contribution in [0.3, 0.4) is 0 Å². The van der Waals surface area contributed by atoms with E-state index in [4.69, 9.17) is 14.2 Å². The Hall–Kier alpha value is -0.200. The number of hydrogen-bond acceptors (Lipinski definition) is 5. The molecule has 1 atom stereocenters. The summed E-state index contributed by atoms with van der Waals surface area (Å²) >= 11 is 0. The molecule has 1 saturated heterocycles. The van der Waals surface area contributed by atoms with E-state index in [1.807, 2.05) is 0 Å². The van der Waals surface area contributed by atoms with Crippen LogP contribution in [0.25, 0.3) is 0 Å². The number of ether oxygens (including phenoxy) is 3. The van der Waals surface area contributed by atoms with Gasteiger partial charge in [0.25, 0.3) is 0 Å². The Kier molecular flexibility index (Phi) is 11.2. The summed E-state index contributed by atoms with van der Waals surface area (Å²) in [5.41, 5.74) is 0. The van der Waals surface area contributed by atoms with Crippen molar-refractivity contribution >= 4 is 0 Å². The third kappa shape index (κ3) is 8.87. The van der Waals surface area contributed by atoms with Gasteiger partial charge < -0.3 is 19.5 Å². The summed E-state index contributed by atoms with van der Waals surface area (Å²) in [7, 11) is 0. The predicted octanol–water partition coefficient (Wildman–Crippen LogP) is 1.13. The third-order valence-corrected chi connectivity index (χ3v) is 3.55. The maximum Gasteiger partial charge on any atom is 0.0701 e. The summed E-state index contributed by atoms with van der Waals surface area (Å²) in [5, 5.41) is 3.39. The van der Waals surface area contributed by atoms with E-state index in [-0.39, 0.29) is 0 Å². The minimum absolute atomic E-state index is 0.615. The van der Waals surface area contributed by atoms with Crippen LogP contribution in [0.1, 0.15) is 26.7 Å². The molecule has 0 aromatic rings. The van der Waals surface area contributed by atoms with Crippen LogP contribution in [-0.4, -0.2) is 76.8 Å². The minimum Gasteiger partial charge on any atom is -0.379 e. The fourth-order valence-electron chi connectivity index (χ4n) is 2.19. The van der Waals surface area contributed by atoms with Gasteiger partial charge in [-0.2, -0.15) is 0 Å². The van der Waals surface area contributed by atoms with Gasteiger partial charge in [-0.05, 0) is 13.3 Å². The van der Waals surface area contributed by atoms with E-state index in [9.17, 15) is 0 Å². The molecule has 0 amide bonds. The van der Waals surface area contributed by atoms with Crippen molar-refractivity contribution in [1.29, 1.82) is 0 Å². The topological polar surface area (TPSA) is 43.0 Å². The molecule has 5 nitrogen and oxygen atoms in total. The first-order valence-corrected chi connectivity index (χ1v) is 8.02. The first kappa shape index (κ1) is 17.9. The molecule has 0 aromatic carbocycles. The number of nitrogens with zero attached hydrogens (tertiary/aromatic N) is 1. The molecule has 1 aliphatic rings. The van der Waals surface area contributed by atoms with Crippen molar-refractivity contribution in [2.75, 3.05) is 65.8 Å². The van der Waals surface area contributed by atoms with Gasteiger partial charge in [0.05, 0.1) is 33.0 Å². The first-order valence-electron chi connectivity index (χ1n) is 8.02. The summed E-state index contributed by atoms with van der Waals surface area (Å²) in [5.74, 6) is 0. The minimum atomic E-state index is 0.615. The molecule has 0 unspecified atom stereocenters. The van der Waals surface area contributed by atoms with Crippen LogP contribution in [0.4, 0.5) is 0 Å². The van der Waals surface area contributed by atoms with Gasteiger partial charge in [-0.25, -0.2) is 0 Å². The Bertz CT molecular complexity index is 217. The van der Waals surface area contributed by atoms with E-state index in [0.717, 1.165) is 45.8 Å². The van der Waals surface area contributed by atoms with E-state index < -0.39 is 0 Å². The fraction of sp³-hybridized carbons (Fsp3) is 1.00. The quantitative estimate of drug-likeness (QED) is 0.545. The molecule has 5 heteroatoms. The van der Waals surface area contributed by atoms with Crippen LogP contribution in [0.15, 0.2) is 0 Å². The van der Waals surface area contributed by atoms with Crippen molar-refractivity contribution in [1.82, 2.24) is 10.2 Å². The third-order valence-electron chi connectivity index (χ3n) is 3.55. The summed E-state index contributed by atoms with van der Waals surface area (Å²) < 4.78 is 16.5. The molecular weight excluding hydrogens is 256 g/mol. The van der Waals surface area contributed by atoms with Crippen molar-refractivity contribution in [3.8, 4) is 0 Å². The fourth-order valence-corrected chi connectivity index (χ4v) is 2.19. The lowest BCUT2D eigenvalue weighted by atomic mass is 10.2. The molecule has 1 fully saturated rings. The van der Waals surface area contributed by atoms with E-state index in [2.05, 4.69) is 24.1 Å². The Morgan fingerprint density at radius 1 is 1.00 bits per heavy atom. The van der Waals surface area contributed by atoms with Crippen molar-refractivity contribution < 1.29 is 14.2 Å². The van der Waals surface area contributed by atoms with E-state index in [1.54, 1.807) is 0 Å². The molecule has 0 aliphatic carbocycles. The van der Waals surface area contributed by atoms with Gasteiger partial charge >= 0.3 is 0 Å². The summed E-state index contributed by atoms with van der Waals surface area (Å²) in [6.45, 7) is 13.1. The van der Waals surface area contributed by atoms with Crippen LogP contribution >= 0.6 is 0 Å². The normalized spacial score (nSPS) is 20.4. The molecule has 0 spiro atoms. The average Bonchev–Trinajstić information content (AvgIpc) is 2.46. The van der Waals surface area contributed by atoms with Crippen LogP contribution in [0.5, 0.6) is 0 Å². The van der Waals surface area contributed by atoms with Gasteiger partial charge in [-0.1, -0.05) is 13.3 Å². The standard InChI is InChI=1S/C15H32N2O3/c1-3-4-8-18-10-12-20-13-11-19-9-7-17-6-5-16-14-15(17)2/h15-16H,3-14H2,1-2H3/t15-/m1/s1. The maximum atomic E-state index is 5.60. The number of unbranched alkanes of at least 4 members (excludes halogenated alkanes) is 1. The zero-order valence-corrected chi connectivity index (χ0v) is 13.2. The zero-order valence-electron chi connectivity index (χ0n) is 13.2. The van der Waals surface area contributed by atoms with E-state index >= 15 is 0 Å². The van der Waals surface area contributed by atoms with Crippen molar-refractivity contribution in [3.63, 3.8) is 0 Å². The van der Waals surface area contributed by atoms with Crippen LogP contribution in [0, 0.1) is 0 Å². The molecule has 20 heavy (non-hydrogen) atoms. The van der Waals surface area contributed by atoms with Crippen molar-refractivity contribution in [2.45, 2.75) is 32.7 Å². The van der Waals surface area contributed by atoms with Gasteiger partial charge in [0.15, 0.2) is 0 Å². The SMILES string of the molecule is CCCCOCCOCCOCCN1CCNC[C@H]1C. The first-order chi connectivity index (χ1) is 9.84. The molecule has 120 valence electrons. The smallest absolute Gasteiger partial charge is 0.0701 e. The number of piperazine rings is 1. The molecule has 0 aromatic heterocycles. The van der Waals surface area contributed by atoms with Gasteiger partial charge in [-0.15, -0.1) is 0 Å². The second-order valence-corrected chi connectivity index (χ2v) is 5.28. The molecule has 1 aliphatic heterocycles. The number of hydrogen-bond donors (Lipinski definition) is 1. The Morgan fingerprint density at radius 3 is 2.30 bits per heavy atom. The average molecular weight is 288 g/mol. The Balaban J connectivity index is 1.78. The highest BCUT2D eigenvalue weighted by Crippen LogP contribution is 2.01. The lowest BCUT2D eigenvalue weighted by molar-refractivity contribution is 0.00735. The molecule has 1 N–H and O–H groups in total. The predicted molar refractivity (Wildman–Crippen MR) is 81.3 cm³/mol. The van der Waals surface area contributed by atoms with Crippen LogP contribution in [-0.2, 0) is 14.2 Å². The second-order valence-electron chi connectivity index (χ2n) is 5.28. The van der Waals surface area contributed by atoms with Gasteiger partial charge in [-0.3, -0.25) is 4.90 Å². The van der Waals surface area contributed by atoms with Gasteiger partial charge in [0, 0.05) is 38.8 Å². The summed E-state index contributed by atoms with van der Waals surface area (Å²) in [6, 6.07) is 0.615. The number of rotatable bonds is 12. The van der Waals surface area contributed by atoms with Gasteiger partial charge in [0.1, 0.15) is 0 Å². The van der Waals surface area contributed by atoms with E-state index in [0.29, 0.717) is 32.5 Å². The molecule has 0 radical (unpaired) electrons. The van der Waals surface area contributed by atoms with Crippen molar-refractivity contribution in [2.24, 2.45) is 0 Å². The Labute approximate surface area is 123 Å². The highest BCUT2D eigenvalue weighted by molar-refractivity contribution is 4.75. The summed E-state index contributed by atoms with van der Waals surface area (Å²) in [6.07, 6.45) is 2.31. The molecule has 1 rings (SSSR count). The maximum absolute atomic E-state index is 5.60. The van der Waals surface area contributed by atoms with Crippen molar-refractivity contribution in [3.05, 3.63) is 0 Å². The lowest BCUT2D eigenvalue weighted by Gasteiger charge is -2.33. The lowest BCUT2D eigenvalue weighted by Crippen LogP contribution is -2.50.